The first kappa shape index (κ1) is 24.2. The number of aromatic nitrogens is 2. The lowest BCUT2D eigenvalue weighted by Gasteiger charge is -2.34. The molecule has 2 aliphatic heterocycles. The molecule has 3 heterocycles. The van der Waals surface area contributed by atoms with E-state index in [1.165, 1.54) is 11.0 Å². The molecule has 0 radical (unpaired) electrons. The van der Waals surface area contributed by atoms with E-state index in [1.807, 2.05) is 6.92 Å². The van der Waals surface area contributed by atoms with Crippen LogP contribution in [0, 0.1) is 23.0 Å². The van der Waals surface area contributed by atoms with Crippen molar-refractivity contribution < 1.29 is 18.4 Å². The third kappa shape index (κ3) is 4.10. The molecule has 36 heavy (non-hydrogen) atoms. The highest BCUT2D eigenvalue weighted by atomic mass is 35.5. The molecule has 0 bridgehead atoms. The van der Waals surface area contributed by atoms with E-state index >= 15 is 0 Å². The molecule has 11 heteroatoms. The van der Waals surface area contributed by atoms with Crippen molar-refractivity contribution in [3.8, 4) is 6.07 Å². The largest absolute Gasteiger partial charge is 0.331 e. The smallest absolute Gasteiger partial charge is 0.272 e. The van der Waals surface area contributed by atoms with Crippen molar-refractivity contribution in [2.24, 2.45) is 0 Å². The molecule has 2 amide bonds. The molecule has 1 aromatic heterocycles. The highest BCUT2D eigenvalue weighted by Gasteiger charge is 2.37. The molecular weight excluding hydrogens is 511 g/mol. The Labute approximate surface area is 215 Å². The van der Waals surface area contributed by atoms with Crippen LogP contribution in [0.2, 0.25) is 10.0 Å². The Morgan fingerprint density at radius 2 is 1.94 bits per heavy atom. The normalized spacial score (nSPS) is 17.0. The van der Waals surface area contributed by atoms with Gasteiger partial charge in [-0.1, -0.05) is 23.2 Å². The second-order valence-electron chi connectivity index (χ2n) is 8.87. The average molecular weight is 530 g/mol. The van der Waals surface area contributed by atoms with Crippen LogP contribution in [0.25, 0.3) is 0 Å². The topological polar surface area (TPSA) is 82.2 Å². The minimum Gasteiger partial charge on any atom is -0.331 e. The number of amides is 2. The fourth-order valence-electron chi connectivity index (χ4n) is 4.69. The Hall–Kier alpha value is -3.48. The zero-order valence-electron chi connectivity index (χ0n) is 19.1. The molecule has 0 saturated carbocycles. The van der Waals surface area contributed by atoms with Crippen molar-refractivity contribution >= 4 is 35.0 Å². The van der Waals surface area contributed by atoms with Gasteiger partial charge in [-0.15, -0.1) is 0 Å². The van der Waals surface area contributed by atoms with E-state index in [0.29, 0.717) is 40.9 Å². The van der Waals surface area contributed by atoms with Gasteiger partial charge >= 0.3 is 0 Å². The van der Waals surface area contributed by atoms with Gasteiger partial charge in [0.1, 0.15) is 23.4 Å². The summed E-state index contributed by atoms with van der Waals surface area (Å²) < 4.78 is 29.7. The number of fused-ring (bicyclic) bond motifs is 3. The van der Waals surface area contributed by atoms with E-state index in [9.17, 15) is 18.4 Å². The number of nitriles is 1. The zero-order chi connectivity index (χ0) is 25.7. The molecule has 184 valence electrons. The number of benzene rings is 2. The van der Waals surface area contributed by atoms with Gasteiger partial charge in [0, 0.05) is 48.3 Å². The number of hydrogen-bond acceptors (Lipinski definition) is 4. The molecule has 2 aliphatic rings. The van der Waals surface area contributed by atoms with Crippen molar-refractivity contribution in [2.45, 2.75) is 39.0 Å². The molecule has 0 unspecified atom stereocenters. The van der Waals surface area contributed by atoms with E-state index in [4.69, 9.17) is 28.5 Å². The molecular formula is C25H19Cl2F2N5O2. The Morgan fingerprint density at radius 3 is 2.67 bits per heavy atom. The van der Waals surface area contributed by atoms with Crippen molar-refractivity contribution in [1.29, 1.82) is 5.26 Å². The maximum atomic E-state index is 14.4. The third-order valence-corrected chi connectivity index (χ3v) is 7.34. The second-order valence-corrected chi connectivity index (χ2v) is 9.69. The third-order valence-electron chi connectivity index (χ3n) is 6.60. The highest BCUT2D eigenvalue weighted by molar-refractivity contribution is 6.42. The van der Waals surface area contributed by atoms with Crippen LogP contribution in [0.3, 0.4) is 0 Å². The molecule has 0 spiro atoms. The van der Waals surface area contributed by atoms with Gasteiger partial charge in [0.05, 0.1) is 34.4 Å². The lowest BCUT2D eigenvalue weighted by Crippen LogP contribution is -2.44. The quantitative estimate of drug-likeness (QED) is 0.497. The summed E-state index contributed by atoms with van der Waals surface area (Å²) in [6, 6.07) is 7.98. The van der Waals surface area contributed by atoms with E-state index < -0.39 is 11.6 Å². The molecule has 7 nitrogen and oxygen atoms in total. The van der Waals surface area contributed by atoms with Crippen LogP contribution in [0.1, 0.15) is 50.2 Å². The molecule has 0 aliphatic carbocycles. The monoisotopic (exact) mass is 529 g/mol. The average Bonchev–Trinajstić information content (AvgIpc) is 3.21. The van der Waals surface area contributed by atoms with Crippen LogP contribution in [-0.2, 0) is 26.1 Å². The van der Waals surface area contributed by atoms with Crippen molar-refractivity contribution in [3.63, 3.8) is 0 Å². The first-order valence-corrected chi connectivity index (χ1v) is 12.0. The Bertz CT molecular complexity index is 1470. The number of carbonyl (C=O) groups is 2. The van der Waals surface area contributed by atoms with E-state index in [2.05, 4.69) is 5.10 Å². The zero-order valence-corrected chi connectivity index (χ0v) is 20.6. The van der Waals surface area contributed by atoms with Crippen LogP contribution in [-0.4, -0.2) is 44.0 Å². The maximum absolute atomic E-state index is 14.4. The van der Waals surface area contributed by atoms with Crippen LogP contribution >= 0.6 is 23.2 Å². The standard InChI is InChI=1S/C25H19Cl2F2N5O2/c1-13-6-22-17(12-33(13)24(35)14-2-3-18(26)19(27)8-14)23-25(36)32(4-5-34(23)31-22)11-16-7-15(10-30)20(28)9-21(16)29/h2-3,7-9,13H,4-6,11-12H2,1H3/t13-/m1/s1. The number of rotatable bonds is 3. The molecule has 3 aromatic rings. The second kappa shape index (κ2) is 9.19. The van der Waals surface area contributed by atoms with Crippen LogP contribution in [0.4, 0.5) is 8.78 Å². The van der Waals surface area contributed by atoms with Gasteiger partial charge < -0.3 is 9.80 Å². The number of hydrogen-bond donors (Lipinski definition) is 0. The number of carbonyl (C=O) groups excluding carboxylic acids is 2. The van der Waals surface area contributed by atoms with Crippen molar-refractivity contribution in [1.82, 2.24) is 19.6 Å². The van der Waals surface area contributed by atoms with E-state index in [1.54, 1.807) is 27.8 Å². The van der Waals surface area contributed by atoms with Gasteiger partial charge in [-0.2, -0.15) is 10.4 Å². The summed E-state index contributed by atoms with van der Waals surface area (Å²) >= 11 is 12.1. The molecule has 0 saturated heterocycles. The van der Waals surface area contributed by atoms with Gasteiger partial charge in [-0.3, -0.25) is 14.3 Å². The summed E-state index contributed by atoms with van der Waals surface area (Å²) in [7, 11) is 0. The Balaban J connectivity index is 1.43. The maximum Gasteiger partial charge on any atom is 0.272 e. The molecule has 0 fully saturated rings. The summed E-state index contributed by atoms with van der Waals surface area (Å²) in [5, 5.41) is 14.3. The summed E-state index contributed by atoms with van der Waals surface area (Å²) in [6.45, 7) is 2.62. The molecule has 0 N–H and O–H groups in total. The summed E-state index contributed by atoms with van der Waals surface area (Å²) in [5.74, 6) is -2.39. The predicted molar refractivity (Wildman–Crippen MR) is 128 cm³/mol. The number of nitrogens with zero attached hydrogens (tertiary/aromatic N) is 5. The van der Waals surface area contributed by atoms with Gasteiger partial charge in [-0.05, 0) is 31.2 Å². The Morgan fingerprint density at radius 1 is 1.17 bits per heavy atom. The lowest BCUT2D eigenvalue weighted by molar-refractivity contribution is 0.0636. The lowest BCUT2D eigenvalue weighted by atomic mass is 9.97. The number of halogens is 4. The van der Waals surface area contributed by atoms with Gasteiger partial charge in [0.2, 0.25) is 0 Å². The minimum atomic E-state index is -0.947. The van der Waals surface area contributed by atoms with Gasteiger partial charge in [0.25, 0.3) is 11.8 Å². The van der Waals surface area contributed by atoms with Gasteiger partial charge in [-0.25, -0.2) is 8.78 Å². The van der Waals surface area contributed by atoms with Crippen LogP contribution in [0.15, 0.2) is 30.3 Å². The van der Waals surface area contributed by atoms with E-state index in [-0.39, 0.29) is 53.6 Å². The molecule has 1 atom stereocenters. The first-order valence-electron chi connectivity index (χ1n) is 11.2. The van der Waals surface area contributed by atoms with Crippen LogP contribution in [0.5, 0.6) is 0 Å². The fourth-order valence-corrected chi connectivity index (χ4v) is 4.99. The Kier molecular flexibility index (Phi) is 6.18. The highest BCUT2D eigenvalue weighted by Crippen LogP contribution is 2.31. The molecule has 5 rings (SSSR count). The van der Waals surface area contributed by atoms with Crippen molar-refractivity contribution in [3.05, 3.63) is 85.7 Å². The predicted octanol–water partition coefficient (Wildman–Crippen LogP) is 4.58. The fraction of sp³-hybridized carbons (Fsp3) is 0.280. The molecule has 2 aromatic carbocycles. The minimum absolute atomic E-state index is 0.0492. The summed E-state index contributed by atoms with van der Waals surface area (Å²) in [6.07, 6.45) is 0.466. The van der Waals surface area contributed by atoms with Gasteiger partial charge in [0.15, 0.2) is 0 Å². The SMILES string of the molecule is C[C@@H]1Cc2nn3c(c2CN1C(=O)c1ccc(Cl)c(Cl)c1)C(=O)N(Cc1cc(C#N)c(F)cc1F)CC3. The van der Waals surface area contributed by atoms with Crippen LogP contribution < -0.4 is 0 Å². The first-order chi connectivity index (χ1) is 17.2. The summed E-state index contributed by atoms with van der Waals surface area (Å²) in [4.78, 5) is 29.9. The summed E-state index contributed by atoms with van der Waals surface area (Å²) in [5.41, 5.74) is 1.88. The van der Waals surface area contributed by atoms with Crippen molar-refractivity contribution in [2.75, 3.05) is 6.54 Å². The van der Waals surface area contributed by atoms with E-state index in [0.717, 1.165) is 11.8 Å².